The molecule has 1 aromatic carbocycles. The smallest absolute Gasteiger partial charge is 0.231 e. The van der Waals surface area contributed by atoms with Gasteiger partial charge in [-0.25, -0.2) is 9.97 Å². The Morgan fingerprint density at radius 3 is 3.07 bits per heavy atom. The van der Waals surface area contributed by atoms with Gasteiger partial charge in [-0.05, 0) is 55.4 Å². The van der Waals surface area contributed by atoms with Crippen LogP contribution in [0.3, 0.4) is 0 Å². The zero-order valence-corrected chi connectivity index (χ0v) is 18.6. The number of carbonyl (C=O) groups excluding carboxylic acids is 1. The summed E-state index contributed by atoms with van der Waals surface area (Å²) in [6.45, 7) is 4.94. The van der Waals surface area contributed by atoms with E-state index in [9.17, 15) is 4.79 Å². The highest BCUT2D eigenvalue weighted by molar-refractivity contribution is 8.00. The number of nitrogens with zero attached hydrogens (tertiary/aromatic N) is 2. The highest BCUT2D eigenvalue weighted by atomic mass is 32.2. The van der Waals surface area contributed by atoms with Gasteiger partial charge in [-0.15, -0.1) is 11.3 Å². The predicted molar refractivity (Wildman–Crippen MR) is 118 cm³/mol. The van der Waals surface area contributed by atoms with Crippen LogP contribution in [-0.4, -0.2) is 28.4 Å². The number of hydrogen-bond acceptors (Lipinski definition) is 7. The lowest BCUT2D eigenvalue weighted by Crippen LogP contribution is -2.24. The van der Waals surface area contributed by atoms with Crippen LogP contribution < -0.4 is 14.8 Å². The van der Waals surface area contributed by atoms with E-state index in [0.29, 0.717) is 12.3 Å². The summed E-state index contributed by atoms with van der Waals surface area (Å²) in [7, 11) is 0. The molecule has 2 aromatic heterocycles. The zero-order valence-electron chi connectivity index (χ0n) is 17.0. The topological polar surface area (TPSA) is 73.3 Å². The number of thioether (sulfide) groups is 1. The largest absolute Gasteiger partial charge is 0.454 e. The number of fused-ring (bicyclic) bond motifs is 4. The number of aryl methyl sites for hydroxylation is 2. The molecule has 1 aliphatic heterocycles. The standard InChI is InChI=1S/C22H23N3O3S2/c1-12-3-5-15-18(7-12)30-22-20(15)21(24-13(2)25-22)29-10-19(26)23-9-14-4-6-16-17(8-14)28-11-27-16/h4,6,8,12H,3,5,7,9-11H2,1-2H3,(H,23,26)/t12-/m1/s1. The van der Waals surface area contributed by atoms with E-state index in [4.69, 9.17) is 9.47 Å². The SMILES string of the molecule is Cc1nc(SCC(=O)NCc2ccc3c(c2)OCO3)c2c3c(sc2n1)C[C@H](C)CC3. The van der Waals surface area contributed by atoms with Gasteiger partial charge >= 0.3 is 0 Å². The van der Waals surface area contributed by atoms with Gasteiger partial charge in [0.2, 0.25) is 12.7 Å². The summed E-state index contributed by atoms with van der Waals surface area (Å²) in [4.78, 5) is 24.3. The second kappa shape index (κ2) is 8.07. The van der Waals surface area contributed by atoms with E-state index in [1.165, 1.54) is 34.0 Å². The van der Waals surface area contributed by atoms with Crippen molar-refractivity contribution in [1.82, 2.24) is 15.3 Å². The molecule has 5 rings (SSSR count). The molecule has 0 spiro atoms. The van der Waals surface area contributed by atoms with E-state index in [1.54, 1.807) is 11.3 Å². The Balaban J connectivity index is 1.27. The van der Waals surface area contributed by atoms with Crippen LogP contribution in [0.1, 0.15) is 35.2 Å². The molecule has 3 heterocycles. The third kappa shape index (κ3) is 3.86. The number of rotatable bonds is 5. The molecule has 3 aromatic rings. The van der Waals surface area contributed by atoms with Crippen molar-refractivity contribution in [3.8, 4) is 11.5 Å². The monoisotopic (exact) mass is 441 g/mol. The number of aromatic nitrogens is 2. The van der Waals surface area contributed by atoms with Crippen molar-refractivity contribution in [2.75, 3.05) is 12.5 Å². The molecule has 0 radical (unpaired) electrons. The van der Waals surface area contributed by atoms with Crippen LogP contribution in [0.25, 0.3) is 10.2 Å². The summed E-state index contributed by atoms with van der Waals surface area (Å²) in [5.74, 6) is 3.27. The molecule has 1 N–H and O–H groups in total. The van der Waals surface area contributed by atoms with E-state index < -0.39 is 0 Å². The predicted octanol–water partition coefficient (Wildman–Crippen LogP) is 4.26. The van der Waals surface area contributed by atoms with Crippen LogP contribution in [0.4, 0.5) is 0 Å². The van der Waals surface area contributed by atoms with E-state index in [2.05, 4.69) is 22.2 Å². The lowest BCUT2D eigenvalue weighted by molar-refractivity contribution is -0.118. The van der Waals surface area contributed by atoms with Crippen LogP contribution in [0.5, 0.6) is 11.5 Å². The maximum absolute atomic E-state index is 12.5. The number of hydrogen-bond donors (Lipinski definition) is 1. The molecule has 1 amide bonds. The van der Waals surface area contributed by atoms with Gasteiger partial charge in [0.25, 0.3) is 0 Å². The molecule has 156 valence electrons. The molecule has 0 saturated carbocycles. The number of amides is 1. The van der Waals surface area contributed by atoms with E-state index >= 15 is 0 Å². The van der Waals surface area contributed by atoms with Gasteiger partial charge in [0, 0.05) is 16.8 Å². The number of benzene rings is 1. The molecule has 6 nitrogen and oxygen atoms in total. The molecule has 1 atom stereocenters. The minimum atomic E-state index is -0.0141. The normalized spacial score (nSPS) is 17.2. The lowest BCUT2D eigenvalue weighted by atomic mass is 9.89. The van der Waals surface area contributed by atoms with Gasteiger partial charge in [0.1, 0.15) is 15.7 Å². The molecule has 30 heavy (non-hydrogen) atoms. The quantitative estimate of drug-likeness (QED) is 0.471. The first kappa shape index (κ1) is 19.6. The van der Waals surface area contributed by atoms with Crippen LogP contribution in [-0.2, 0) is 24.2 Å². The van der Waals surface area contributed by atoms with Crippen LogP contribution >= 0.6 is 23.1 Å². The van der Waals surface area contributed by atoms with Crippen molar-refractivity contribution in [2.45, 2.75) is 44.7 Å². The van der Waals surface area contributed by atoms with Gasteiger partial charge in [0.05, 0.1) is 5.75 Å². The molecule has 1 aliphatic carbocycles. The fourth-order valence-electron chi connectivity index (χ4n) is 3.95. The highest BCUT2D eigenvalue weighted by Gasteiger charge is 2.24. The summed E-state index contributed by atoms with van der Waals surface area (Å²) < 4.78 is 10.7. The Bertz CT molecular complexity index is 1130. The number of carbonyl (C=O) groups is 1. The maximum atomic E-state index is 12.5. The second-order valence-electron chi connectivity index (χ2n) is 7.86. The van der Waals surface area contributed by atoms with Crippen molar-refractivity contribution in [1.29, 1.82) is 0 Å². The fourth-order valence-corrected chi connectivity index (χ4v) is 6.38. The first-order valence-corrected chi connectivity index (χ1v) is 11.9. The first-order chi connectivity index (χ1) is 14.6. The molecule has 2 aliphatic rings. The Kier molecular flexibility index (Phi) is 5.28. The van der Waals surface area contributed by atoms with Crippen molar-refractivity contribution in [3.63, 3.8) is 0 Å². The summed E-state index contributed by atoms with van der Waals surface area (Å²) >= 11 is 3.30. The average molecular weight is 442 g/mol. The van der Waals surface area contributed by atoms with Crippen LogP contribution in [0.2, 0.25) is 0 Å². The van der Waals surface area contributed by atoms with Crippen molar-refractivity contribution in [2.24, 2.45) is 5.92 Å². The minimum absolute atomic E-state index is 0.0141. The number of thiophene rings is 1. The Morgan fingerprint density at radius 1 is 1.30 bits per heavy atom. The Hall–Kier alpha value is -2.32. The molecule has 0 saturated heterocycles. The molecule has 0 bridgehead atoms. The Morgan fingerprint density at radius 2 is 2.17 bits per heavy atom. The van der Waals surface area contributed by atoms with Gasteiger partial charge in [-0.1, -0.05) is 24.8 Å². The summed E-state index contributed by atoms with van der Waals surface area (Å²) in [5, 5.41) is 5.09. The van der Waals surface area contributed by atoms with Crippen molar-refractivity contribution < 1.29 is 14.3 Å². The zero-order chi connectivity index (χ0) is 20.7. The lowest BCUT2D eigenvalue weighted by Gasteiger charge is -2.18. The van der Waals surface area contributed by atoms with E-state index in [-0.39, 0.29) is 12.7 Å². The average Bonchev–Trinajstić information content (AvgIpc) is 3.33. The second-order valence-corrected chi connectivity index (χ2v) is 9.91. The molecule has 0 unspecified atom stereocenters. The Labute approximate surface area is 183 Å². The van der Waals surface area contributed by atoms with Gasteiger partial charge in [-0.2, -0.15) is 0 Å². The molecule has 0 fully saturated rings. The van der Waals surface area contributed by atoms with Crippen LogP contribution in [0, 0.1) is 12.8 Å². The first-order valence-electron chi connectivity index (χ1n) is 10.1. The van der Waals surface area contributed by atoms with Gasteiger partial charge in [-0.3, -0.25) is 4.79 Å². The fraction of sp³-hybridized carbons (Fsp3) is 0.409. The third-order valence-corrected chi connectivity index (χ3v) is 7.62. The molecule has 8 heteroatoms. The summed E-state index contributed by atoms with van der Waals surface area (Å²) in [6.07, 6.45) is 3.40. The minimum Gasteiger partial charge on any atom is -0.454 e. The summed E-state index contributed by atoms with van der Waals surface area (Å²) in [5.41, 5.74) is 2.38. The van der Waals surface area contributed by atoms with Crippen LogP contribution in [0.15, 0.2) is 23.2 Å². The van der Waals surface area contributed by atoms with Gasteiger partial charge in [0.15, 0.2) is 11.5 Å². The van der Waals surface area contributed by atoms with Gasteiger partial charge < -0.3 is 14.8 Å². The number of nitrogens with one attached hydrogen (secondary N) is 1. The maximum Gasteiger partial charge on any atom is 0.231 e. The highest BCUT2D eigenvalue weighted by Crippen LogP contribution is 2.41. The van der Waals surface area contributed by atoms with Crippen molar-refractivity contribution in [3.05, 3.63) is 40.0 Å². The summed E-state index contributed by atoms with van der Waals surface area (Å²) in [6, 6.07) is 5.72. The van der Waals surface area contributed by atoms with E-state index in [0.717, 1.165) is 51.5 Å². The number of ether oxygens (including phenoxy) is 2. The third-order valence-electron chi connectivity index (χ3n) is 5.50. The van der Waals surface area contributed by atoms with Crippen molar-refractivity contribution >= 4 is 39.2 Å². The molecular weight excluding hydrogens is 418 g/mol. The van der Waals surface area contributed by atoms with E-state index in [1.807, 2.05) is 25.1 Å². The molecular formula is C22H23N3O3S2.